The summed E-state index contributed by atoms with van der Waals surface area (Å²) in [5.41, 5.74) is 4.42. The number of hydrogen-bond acceptors (Lipinski definition) is 2. The summed E-state index contributed by atoms with van der Waals surface area (Å²) in [6, 6.07) is 8.52. The van der Waals surface area contributed by atoms with Gasteiger partial charge in [0.15, 0.2) is 11.6 Å². The summed E-state index contributed by atoms with van der Waals surface area (Å²) in [5.74, 6) is -1.60. The molecule has 0 bridgehead atoms. The fraction of sp³-hybridized carbons (Fsp3) is 0.409. The van der Waals surface area contributed by atoms with Crippen molar-refractivity contribution in [2.75, 3.05) is 24.5 Å². The Kier molecular flexibility index (Phi) is 4.03. The van der Waals surface area contributed by atoms with E-state index in [1.165, 1.54) is 22.2 Å². The molecular formula is C22H22F2N2O2. The highest BCUT2D eigenvalue weighted by molar-refractivity contribution is 5.77. The minimum Gasteiger partial charge on any atom is -0.465 e. The summed E-state index contributed by atoms with van der Waals surface area (Å²) < 4.78 is 28.3. The number of halogens is 2. The van der Waals surface area contributed by atoms with Crippen LogP contribution in [0.25, 0.3) is 11.1 Å². The minimum absolute atomic E-state index is 0.0771. The van der Waals surface area contributed by atoms with E-state index in [4.69, 9.17) is 0 Å². The molecule has 0 aliphatic carbocycles. The van der Waals surface area contributed by atoms with Gasteiger partial charge in [0.25, 0.3) is 0 Å². The second-order valence-corrected chi connectivity index (χ2v) is 8.02. The number of carbonyl (C=O) groups is 1. The number of nitrogens with zero attached hydrogens (tertiary/aromatic N) is 2. The van der Waals surface area contributed by atoms with E-state index in [0.29, 0.717) is 18.7 Å². The molecule has 1 fully saturated rings. The van der Waals surface area contributed by atoms with Crippen LogP contribution in [0.3, 0.4) is 0 Å². The molecule has 0 aromatic heterocycles. The van der Waals surface area contributed by atoms with Gasteiger partial charge in [0, 0.05) is 42.8 Å². The van der Waals surface area contributed by atoms with Gasteiger partial charge >= 0.3 is 6.09 Å². The van der Waals surface area contributed by atoms with E-state index < -0.39 is 17.7 Å². The predicted octanol–water partition coefficient (Wildman–Crippen LogP) is 4.62. The Morgan fingerprint density at radius 2 is 2.00 bits per heavy atom. The van der Waals surface area contributed by atoms with E-state index in [1.807, 2.05) is 12.1 Å². The monoisotopic (exact) mass is 384 g/mol. The van der Waals surface area contributed by atoms with E-state index in [1.54, 1.807) is 6.07 Å². The number of amides is 1. The summed E-state index contributed by atoms with van der Waals surface area (Å²) >= 11 is 0. The number of rotatable bonds is 1. The number of fused-ring (bicyclic) bond motifs is 3. The van der Waals surface area contributed by atoms with Gasteiger partial charge in [0.1, 0.15) is 0 Å². The quantitative estimate of drug-likeness (QED) is 0.780. The second kappa shape index (κ2) is 6.47. The molecule has 1 amide bonds. The molecule has 5 rings (SSSR count). The van der Waals surface area contributed by atoms with Crippen molar-refractivity contribution in [2.24, 2.45) is 0 Å². The highest BCUT2D eigenvalue weighted by atomic mass is 19.2. The first kappa shape index (κ1) is 17.5. The van der Waals surface area contributed by atoms with Gasteiger partial charge in [-0.2, -0.15) is 0 Å². The van der Waals surface area contributed by atoms with Crippen LogP contribution in [-0.2, 0) is 6.42 Å². The number of piperidine rings is 1. The number of hydrogen-bond donors (Lipinski definition) is 1. The molecule has 2 aromatic rings. The molecule has 0 spiro atoms. The zero-order valence-corrected chi connectivity index (χ0v) is 15.5. The SMILES string of the molecule is O=C(O)N1CC[C@H]2[C@@H](C1)c1cc(-c3cccc(F)c3F)cc3c1N2CCCC3. The van der Waals surface area contributed by atoms with Crippen molar-refractivity contribution in [1.82, 2.24) is 4.90 Å². The summed E-state index contributed by atoms with van der Waals surface area (Å²) in [7, 11) is 0. The van der Waals surface area contributed by atoms with Crippen LogP contribution in [-0.4, -0.2) is 41.8 Å². The number of aryl methyl sites for hydroxylation is 1. The highest BCUT2D eigenvalue weighted by Gasteiger charge is 2.44. The van der Waals surface area contributed by atoms with Crippen molar-refractivity contribution in [3.05, 3.63) is 53.1 Å². The molecule has 3 heterocycles. The lowest BCUT2D eigenvalue weighted by molar-refractivity contribution is 0.127. The average Bonchev–Trinajstić information content (AvgIpc) is 2.84. The molecular weight excluding hydrogens is 362 g/mol. The maximum Gasteiger partial charge on any atom is 0.407 e. The van der Waals surface area contributed by atoms with Crippen LogP contribution < -0.4 is 4.90 Å². The Labute approximate surface area is 162 Å². The normalized spacial score (nSPS) is 23.2. The van der Waals surface area contributed by atoms with Crippen molar-refractivity contribution in [1.29, 1.82) is 0 Å². The van der Waals surface area contributed by atoms with Crippen molar-refractivity contribution < 1.29 is 18.7 Å². The first-order valence-electron chi connectivity index (χ1n) is 9.90. The lowest BCUT2D eigenvalue weighted by atomic mass is 9.86. The van der Waals surface area contributed by atoms with Crippen LogP contribution in [0.2, 0.25) is 0 Å². The van der Waals surface area contributed by atoms with Crippen LogP contribution in [0.1, 0.15) is 36.3 Å². The standard InChI is InChI=1S/C22H22F2N2O2/c23-18-6-3-5-15(20(18)24)14-10-13-4-1-2-8-26-19-7-9-25(22(27)28)12-17(19)16(11-14)21(13)26/h3,5-6,10-11,17,19H,1-2,4,7-9,12H2,(H,27,28)/t17-,19-/m0/s1. The van der Waals surface area contributed by atoms with Gasteiger partial charge in [-0.3, -0.25) is 0 Å². The van der Waals surface area contributed by atoms with Crippen molar-refractivity contribution in [3.63, 3.8) is 0 Å². The number of anilines is 1. The Balaban J connectivity index is 1.66. The second-order valence-electron chi connectivity index (χ2n) is 8.02. The molecule has 0 radical (unpaired) electrons. The Hall–Kier alpha value is -2.63. The smallest absolute Gasteiger partial charge is 0.407 e. The summed E-state index contributed by atoms with van der Waals surface area (Å²) in [6.45, 7) is 1.97. The molecule has 1 saturated heterocycles. The first-order chi connectivity index (χ1) is 13.5. The Bertz CT molecular complexity index is 962. The number of carboxylic acid groups (broad SMARTS) is 1. The molecule has 2 aromatic carbocycles. The fourth-order valence-electron chi connectivity index (χ4n) is 5.26. The third-order valence-electron chi connectivity index (χ3n) is 6.51. The molecule has 3 aliphatic heterocycles. The number of benzene rings is 2. The van der Waals surface area contributed by atoms with E-state index in [-0.39, 0.29) is 17.5 Å². The molecule has 6 heteroatoms. The van der Waals surface area contributed by atoms with Crippen molar-refractivity contribution >= 4 is 11.8 Å². The molecule has 0 saturated carbocycles. The van der Waals surface area contributed by atoms with Crippen molar-refractivity contribution in [3.8, 4) is 11.1 Å². The van der Waals surface area contributed by atoms with Gasteiger partial charge < -0.3 is 14.9 Å². The predicted molar refractivity (Wildman–Crippen MR) is 103 cm³/mol. The van der Waals surface area contributed by atoms with E-state index >= 15 is 0 Å². The average molecular weight is 384 g/mol. The van der Waals surface area contributed by atoms with Gasteiger partial charge in [-0.25, -0.2) is 13.6 Å². The molecule has 1 N–H and O–H groups in total. The maximum atomic E-state index is 14.5. The molecule has 0 unspecified atom stereocenters. The van der Waals surface area contributed by atoms with E-state index in [2.05, 4.69) is 4.90 Å². The fourth-order valence-corrected chi connectivity index (χ4v) is 5.26. The molecule has 146 valence electrons. The number of likely N-dealkylation sites (tertiary alicyclic amines) is 1. The van der Waals surface area contributed by atoms with Crippen molar-refractivity contribution in [2.45, 2.75) is 37.6 Å². The van der Waals surface area contributed by atoms with Gasteiger partial charge in [0.2, 0.25) is 0 Å². The van der Waals surface area contributed by atoms with Crippen LogP contribution in [0.4, 0.5) is 19.3 Å². The zero-order valence-electron chi connectivity index (χ0n) is 15.5. The van der Waals surface area contributed by atoms with Gasteiger partial charge in [-0.1, -0.05) is 12.1 Å². The van der Waals surface area contributed by atoms with Crippen LogP contribution in [0.5, 0.6) is 0 Å². The van der Waals surface area contributed by atoms with Crippen LogP contribution in [0, 0.1) is 11.6 Å². The summed E-state index contributed by atoms with van der Waals surface area (Å²) in [4.78, 5) is 15.5. The lowest BCUT2D eigenvalue weighted by Gasteiger charge is -2.37. The van der Waals surface area contributed by atoms with Crippen LogP contribution in [0.15, 0.2) is 30.3 Å². The molecule has 2 atom stereocenters. The molecule has 3 aliphatic rings. The van der Waals surface area contributed by atoms with E-state index in [9.17, 15) is 18.7 Å². The van der Waals surface area contributed by atoms with Gasteiger partial charge in [0.05, 0.1) is 0 Å². The highest BCUT2D eigenvalue weighted by Crippen LogP contribution is 2.49. The van der Waals surface area contributed by atoms with Gasteiger partial charge in [-0.05, 0) is 60.6 Å². The minimum atomic E-state index is -0.891. The third kappa shape index (κ3) is 2.58. The van der Waals surface area contributed by atoms with E-state index in [0.717, 1.165) is 43.9 Å². The Morgan fingerprint density at radius 3 is 2.82 bits per heavy atom. The third-order valence-corrected chi connectivity index (χ3v) is 6.51. The lowest BCUT2D eigenvalue weighted by Crippen LogP contribution is -2.48. The molecule has 28 heavy (non-hydrogen) atoms. The summed E-state index contributed by atoms with van der Waals surface area (Å²) in [6.07, 6.45) is 2.97. The van der Waals surface area contributed by atoms with Crippen LogP contribution >= 0.6 is 0 Å². The first-order valence-corrected chi connectivity index (χ1v) is 9.90. The van der Waals surface area contributed by atoms with Gasteiger partial charge in [-0.15, -0.1) is 0 Å². The summed E-state index contributed by atoms with van der Waals surface area (Å²) in [5, 5.41) is 9.46. The zero-order chi connectivity index (χ0) is 19.4. The Morgan fingerprint density at radius 1 is 1.14 bits per heavy atom. The maximum absolute atomic E-state index is 14.5. The topological polar surface area (TPSA) is 43.8 Å². The molecule has 4 nitrogen and oxygen atoms in total. The largest absolute Gasteiger partial charge is 0.465 e.